The third kappa shape index (κ3) is 1.55. The second kappa shape index (κ2) is 3.70. The van der Waals surface area contributed by atoms with Crippen molar-refractivity contribution in [2.45, 2.75) is 30.9 Å². The monoisotopic (exact) mass is 217 g/mol. The maximum absolute atomic E-state index is 12.7. The summed E-state index contributed by atoms with van der Waals surface area (Å²) in [6.45, 7) is 0. The van der Waals surface area contributed by atoms with Gasteiger partial charge in [0.1, 0.15) is 12.3 Å². The molecule has 0 radical (unpaired) electrons. The van der Waals surface area contributed by atoms with Gasteiger partial charge < -0.3 is 9.90 Å². The SMILES string of the molecule is O=C([O-])C1C(F)C(F)C(F)C(F)C1F. The minimum Gasteiger partial charge on any atom is -0.550 e. The minimum absolute atomic E-state index is 2.26. The molecule has 14 heavy (non-hydrogen) atoms. The summed E-state index contributed by atoms with van der Waals surface area (Å²) in [7, 11) is 0. The van der Waals surface area contributed by atoms with Crippen molar-refractivity contribution in [2.75, 3.05) is 0 Å². The lowest BCUT2D eigenvalue weighted by atomic mass is 9.82. The zero-order valence-electron chi connectivity index (χ0n) is 6.67. The molecule has 1 rings (SSSR count). The topological polar surface area (TPSA) is 40.1 Å². The van der Waals surface area contributed by atoms with Crippen LogP contribution in [0.4, 0.5) is 22.0 Å². The van der Waals surface area contributed by atoms with Gasteiger partial charge in [-0.1, -0.05) is 0 Å². The summed E-state index contributed by atoms with van der Waals surface area (Å²) in [4.78, 5) is 10.1. The Morgan fingerprint density at radius 1 is 0.786 bits per heavy atom. The van der Waals surface area contributed by atoms with Crippen LogP contribution >= 0.6 is 0 Å². The summed E-state index contributed by atoms with van der Waals surface area (Å²) in [5.74, 6) is -4.85. The van der Waals surface area contributed by atoms with Gasteiger partial charge in [0.25, 0.3) is 0 Å². The number of hydrogen-bond acceptors (Lipinski definition) is 2. The lowest BCUT2D eigenvalue weighted by Crippen LogP contribution is -2.58. The van der Waals surface area contributed by atoms with Gasteiger partial charge in [0.05, 0.1) is 11.9 Å². The van der Waals surface area contributed by atoms with Crippen molar-refractivity contribution in [3.63, 3.8) is 0 Å². The van der Waals surface area contributed by atoms with Crippen molar-refractivity contribution in [1.29, 1.82) is 0 Å². The zero-order chi connectivity index (χ0) is 11.0. The van der Waals surface area contributed by atoms with Crippen LogP contribution < -0.4 is 5.11 Å². The van der Waals surface area contributed by atoms with Gasteiger partial charge >= 0.3 is 0 Å². The number of carboxylic acid groups (broad SMARTS) is 1. The molecular weight excluding hydrogens is 211 g/mol. The molecule has 0 aromatic carbocycles. The van der Waals surface area contributed by atoms with Crippen LogP contribution in [0.1, 0.15) is 0 Å². The lowest BCUT2D eigenvalue weighted by Gasteiger charge is -2.36. The number of alkyl halides is 5. The molecule has 0 heterocycles. The Balaban J connectivity index is 2.92. The summed E-state index contributed by atoms with van der Waals surface area (Å²) < 4.78 is 63.0. The van der Waals surface area contributed by atoms with Crippen LogP contribution in [0.2, 0.25) is 0 Å². The number of hydrogen-bond donors (Lipinski definition) is 0. The van der Waals surface area contributed by atoms with Gasteiger partial charge in [-0.05, 0) is 0 Å². The smallest absolute Gasteiger partial charge is 0.168 e. The predicted octanol–water partition coefficient (Wildman–Crippen LogP) is 0.0566. The molecule has 0 N–H and O–H groups in total. The Morgan fingerprint density at radius 2 is 1.07 bits per heavy atom. The highest BCUT2D eigenvalue weighted by Gasteiger charge is 2.53. The van der Waals surface area contributed by atoms with Gasteiger partial charge in [-0.2, -0.15) is 0 Å². The number of carboxylic acids is 1. The molecule has 0 bridgehead atoms. The largest absolute Gasteiger partial charge is 0.550 e. The van der Waals surface area contributed by atoms with Crippen LogP contribution in [0.3, 0.4) is 0 Å². The van der Waals surface area contributed by atoms with Gasteiger partial charge in [-0.25, -0.2) is 22.0 Å². The molecule has 4 atom stereocenters. The molecule has 82 valence electrons. The highest BCUT2D eigenvalue weighted by atomic mass is 19.2. The first kappa shape index (κ1) is 11.2. The molecular formula is C7H6F5O2-. The summed E-state index contributed by atoms with van der Waals surface area (Å²) in [5, 5.41) is 10.1. The number of rotatable bonds is 1. The molecule has 0 aromatic heterocycles. The van der Waals surface area contributed by atoms with Crippen molar-refractivity contribution < 1.29 is 31.9 Å². The zero-order valence-corrected chi connectivity index (χ0v) is 6.67. The molecule has 1 aliphatic carbocycles. The van der Waals surface area contributed by atoms with E-state index in [4.69, 9.17) is 0 Å². The number of carbonyl (C=O) groups is 1. The summed E-state index contributed by atoms with van der Waals surface area (Å²) >= 11 is 0. The highest BCUT2D eigenvalue weighted by Crippen LogP contribution is 2.35. The molecule has 1 saturated carbocycles. The van der Waals surface area contributed by atoms with E-state index in [9.17, 15) is 31.9 Å². The number of carbonyl (C=O) groups excluding carboxylic acids is 1. The second-order valence-electron chi connectivity index (χ2n) is 3.07. The van der Waals surface area contributed by atoms with Crippen molar-refractivity contribution in [3.05, 3.63) is 0 Å². The summed E-state index contributed by atoms with van der Waals surface area (Å²) in [5.41, 5.74) is 0. The van der Waals surface area contributed by atoms with E-state index in [1.807, 2.05) is 0 Å². The van der Waals surface area contributed by atoms with Crippen molar-refractivity contribution in [2.24, 2.45) is 5.92 Å². The predicted molar refractivity (Wildman–Crippen MR) is 33.0 cm³/mol. The normalized spacial score (nSPS) is 48.9. The minimum atomic E-state index is -2.98. The first-order valence-electron chi connectivity index (χ1n) is 3.79. The first-order valence-corrected chi connectivity index (χ1v) is 3.79. The van der Waals surface area contributed by atoms with E-state index in [0.29, 0.717) is 0 Å². The standard InChI is InChI=1S/C7H7F5O2/c8-2-1(7(13)14)3(9)5(11)6(12)4(2)10/h1-6H,(H,13,14)/p-1. The molecule has 0 aliphatic heterocycles. The average Bonchev–Trinajstić information content (AvgIpc) is 2.11. The van der Waals surface area contributed by atoms with E-state index in [0.717, 1.165) is 0 Å². The van der Waals surface area contributed by atoms with Crippen molar-refractivity contribution >= 4 is 5.97 Å². The number of aliphatic carboxylic acids is 1. The van der Waals surface area contributed by atoms with E-state index in [1.54, 1.807) is 0 Å². The quantitative estimate of drug-likeness (QED) is 0.582. The van der Waals surface area contributed by atoms with Gasteiger partial charge in [0.2, 0.25) is 0 Å². The van der Waals surface area contributed by atoms with Crippen LogP contribution in [0.5, 0.6) is 0 Å². The molecule has 2 nitrogen and oxygen atoms in total. The van der Waals surface area contributed by atoms with Gasteiger partial charge in [0, 0.05) is 0 Å². The maximum Gasteiger partial charge on any atom is 0.168 e. The molecule has 0 aromatic rings. The van der Waals surface area contributed by atoms with Crippen LogP contribution in [0, 0.1) is 5.92 Å². The average molecular weight is 217 g/mol. The van der Waals surface area contributed by atoms with Crippen molar-refractivity contribution in [1.82, 2.24) is 0 Å². The first-order chi connectivity index (χ1) is 6.37. The Morgan fingerprint density at radius 3 is 1.36 bits per heavy atom. The molecule has 0 saturated heterocycles. The molecule has 1 fully saturated rings. The molecule has 1 aliphatic rings. The van der Waals surface area contributed by atoms with Crippen LogP contribution in [0.15, 0.2) is 0 Å². The second-order valence-corrected chi connectivity index (χ2v) is 3.07. The van der Waals surface area contributed by atoms with Gasteiger partial charge in [-0.15, -0.1) is 0 Å². The molecule has 0 amide bonds. The van der Waals surface area contributed by atoms with E-state index >= 15 is 0 Å². The van der Waals surface area contributed by atoms with Crippen LogP contribution in [-0.4, -0.2) is 36.8 Å². The highest BCUT2D eigenvalue weighted by molar-refractivity contribution is 5.69. The van der Waals surface area contributed by atoms with E-state index in [-0.39, 0.29) is 0 Å². The van der Waals surface area contributed by atoms with Gasteiger partial charge in [-0.3, -0.25) is 0 Å². The van der Waals surface area contributed by atoms with Crippen LogP contribution in [0.25, 0.3) is 0 Å². The Kier molecular flexibility index (Phi) is 2.96. The molecule has 0 spiro atoms. The van der Waals surface area contributed by atoms with E-state index < -0.39 is 42.7 Å². The van der Waals surface area contributed by atoms with Gasteiger partial charge in [0.15, 0.2) is 18.5 Å². The van der Waals surface area contributed by atoms with E-state index in [1.165, 1.54) is 0 Å². The third-order valence-corrected chi connectivity index (χ3v) is 2.18. The molecule has 7 heteroatoms. The molecule has 4 unspecified atom stereocenters. The van der Waals surface area contributed by atoms with Crippen LogP contribution in [-0.2, 0) is 4.79 Å². The fourth-order valence-electron chi connectivity index (χ4n) is 1.36. The number of halogens is 5. The van der Waals surface area contributed by atoms with E-state index in [2.05, 4.69) is 0 Å². The fourth-order valence-corrected chi connectivity index (χ4v) is 1.36. The Labute approximate surface area is 75.7 Å². The van der Waals surface area contributed by atoms with Crippen molar-refractivity contribution in [3.8, 4) is 0 Å². The maximum atomic E-state index is 12.7. The lowest BCUT2D eigenvalue weighted by molar-refractivity contribution is -0.319. The Hall–Kier alpha value is -0.880. The third-order valence-electron chi connectivity index (χ3n) is 2.18. The Bertz CT molecular complexity index is 220. The summed E-state index contributed by atoms with van der Waals surface area (Å²) in [6.07, 6.45) is -14.8. The summed E-state index contributed by atoms with van der Waals surface area (Å²) in [6, 6.07) is 0. The fraction of sp³-hybridized carbons (Fsp3) is 0.857.